The van der Waals surface area contributed by atoms with Gasteiger partial charge in [0.25, 0.3) is 0 Å². The molecule has 0 fully saturated rings. The summed E-state index contributed by atoms with van der Waals surface area (Å²) in [5.74, 6) is 0.657. The first-order chi connectivity index (χ1) is 7.14. The molecule has 1 aliphatic rings. The number of aliphatic hydroxyl groups is 1. The van der Waals surface area contributed by atoms with Crippen molar-refractivity contribution in [1.29, 1.82) is 0 Å². The lowest BCUT2D eigenvalue weighted by Crippen LogP contribution is -2.26. The standard InChI is InChI=1S/C13H18OS/c1-3-11-4-6-13(14,7-5-11)12-8-10(2)15-9-12/h4,6,8-9,11,14H,3,5,7H2,1-2H3. The van der Waals surface area contributed by atoms with Crippen molar-refractivity contribution in [3.63, 3.8) is 0 Å². The summed E-state index contributed by atoms with van der Waals surface area (Å²) in [6.07, 6.45) is 7.30. The van der Waals surface area contributed by atoms with Crippen molar-refractivity contribution in [2.45, 2.75) is 38.7 Å². The summed E-state index contributed by atoms with van der Waals surface area (Å²) in [4.78, 5) is 1.27. The number of thiophene rings is 1. The maximum absolute atomic E-state index is 10.5. The van der Waals surface area contributed by atoms with E-state index in [1.165, 1.54) is 11.3 Å². The minimum absolute atomic E-state index is 0.657. The molecule has 0 aliphatic heterocycles. The van der Waals surface area contributed by atoms with Crippen LogP contribution in [-0.4, -0.2) is 5.11 Å². The van der Waals surface area contributed by atoms with Gasteiger partial charge in [0.2, 0.25) is 0 Å². The fraction of sp³-hybridized carbons (Fsp3) is 0.538. The molecule has 1 heterocycles. The van der Waals surface area contributed by atoms with E-state index in [2.05, 4.69) is 31.4 Å². The topological polar surface area (TPSA) is 20.2 Å². The van der Waals surface area contributed by atoms with E-state index in [-0.39, 0.29) is 0 Å². The van der Waals surface area contributed by atoms with Gasteiger partial charge in [-0.25, -0.2) is 0 Å². The zero-order valence-electron chi connectivity index (χ0n) is 9.36. The molecule has 0 amide bonds. The van der Waals surface area contributed by atoms with E-state index in [0.29, 0.717) is 5.92 Å². The van der Waals surface area contributed by atoms with E-state index in [9.17, 15) is 5.11 Å². The second-order valence-electron chi connectivity index (χ2n) is 4.44. The molecule has 2 heteroatoms. The van der Waals surface area contributed by atoms with Crippen LogP contribution >= 0.6 is 11.3 Å². The third kappa shape index (κ3) is 2.16. The van der Waals surface area contributed by atoms with E-state index in [1.807, 2.05) is 6.08 Å². The Bertz CT molecular complexity index is 366. The van der Waals surface area contributed by atoms with E-state index in [4.69, 9.17) is 0 Å². The summed E-state index contributed by atoms with van der Waals surface area (Å²) >= 11 is 1.71. The second kappa shape index (κ2) is 4.11. The van der Waals surface area contributed by atoms with Crippen LogP contribution in [0.3, 0.4) is 0 Å². The Kier molecular flexibility index (Phi) is 2.98. The average Bonchev–Trinajstić information content (AvgIpc) is 2.67. The normalized spacial score (nSPS) is 30.7. The summed E-state index contributed by atoms with van der Waals surface area (Å²) < 4.78 is 0. The fourth-order valence-electron chi connectivity index (χ4n) is 2.13. The summed E-state index contributed by atoms with van der Waals surface area (Å²) in [6.45, 7) is 4.28. The minimum atomic E-state index is -0.698. The minimum Gasteiger partial charge on any atom is -0.381 e. The molecular formula is C13H18OS. The molecule has 1 aliphatic carbocycles. The maximum Gasteiger partial charge on any atom is 0.109 e. The van der Waals surface area contributed by atoms with Crippen molar-refractivity contribution in [2.24, 2.45) is 5.92 Å². The van der Waals surface area contributed by atoms with Gasteiger partial charge in [0, 0.05) is 4.88 Å². The van der Waals surface area contributed by atoms with Crippen molar-refractivity contribution in [1.82, 2.24) is 0 Å². The molecule has 82 valence electrons. The highest BCUT2D eigenvalue weighted by Crippen LogP contribution is 2.37. The van der Waals surface area contributed by atoms with Crippen LogP contribution < -0.4 is 0 Å². The smallest absolute Gasteiger partial charge is 0.109 e. The Morgan fingerprint density at radius 1 is 1.60 bits per heavy atom. The quantitative estimate of drug-likeness (QED) is 0.758. The van der Waals surface area contributed by atoms with Crippen molar-refractivity contribution in [2.75, 3.05) is 0 Å². The monoisotopic (exact) mass is 222 g/mol. The van der Waals surface area contributed by atoms with E-state index in [1.54, 1.807) is 11.3 Å². The molecule has 0 radical (unpaired) electrons. The lowest BCUT2D eigenvalue weighted by molar-refractivity contribution is 0.0664. The number of hydrogen-bond acceptors (Lipinski definition) is 2. The van der Waals surface area contributed by atoms with Crippen molar-refractivity contribution in [3.8, 4) is 0 Å². The SMILES string of the molecule is CCC1C=CC(O)(c2csc(C)c2)CC1. The first-order valence-electron chi connectivity index (χ1n) is 5.61. The zero-order chi connectivity index (χ0) is 10.9. The van der Waals surface area contributed by atoms with Gasteiger partial charge in [-0.15, -0.1) is 11.3 Å². The van der Waals surface area contributed by atoms with Gasteiger partial charge >= 0.3 is 0 Å². The molecule has 0 aromatic carbocycles. The third-order valence-corrected chi connectivity index (χ3v) is 4.16. The predicted molar refractivity (Wildman–Crippen MR) is 65.1 cm³/mol. The van der Waals surface area contributed by atoms with Gasteiger partial charge in [-0.1, -0.05) is 19.1 Å². The summed E-state index contributed by atoms with van der Waals surface area (Å²) in [7, 11) is 0. The first kappa shape index (κ1) is 10.9. The van der Waals surface area contributed by atoms with Crippen LogP contribution in [0.15, 0.2) is 23.6 Å². The third-order valence-electron chi connectivity index (χ3n) is 3.30. The molecule has 15 heavy (non-hydrogen) atoms. The molecule has 1 aromatic rings. The van der Waals surface area contributed by atoms with Crippen LogP contribution in [0.2, 0.25) is 0 Å². The Balaban J connectivity index is 2.22. The lowest BCUT2D eigenvalue weighted by atomic mass is 9.81. The summed E-state index contributed by atoms with van der Waals surface area (Å²) in [6, 6.07) is 2.10. The summed E-state index contributed by atoms with van der Waals surface area (Å²) in [5, 5.41) is 12.6. The predicted octanol–water partition coefficient (Wildman–Crippen LogP) is 3.62. The zero-order valence-corrected chi connectivity index (χ0v) is 10.2. The van der Waals surface area contributed by atoms with Crippen LogP contribution in [0.25, 0.3) is 0 Å². The molecule has 0 bridgehead atoms. The Morgan fingerprint density at radius 3 is 2.87 bits per heavy atom. The highest BCUT2D eigenvalue weighted by atomic mass is 32.1. The molecule has 0 spiro atoms. The van der Waals surface area contributed by atoms with E-state index in [0.717, 1.165) is 18.4 Å². The van der Waals surface area contributed by atoms with E-state index < -0.39 is 5.60 Å². The van der Waals surface area contributed by atoms with Crippen molar-refractivity contribution >= 4 is 11.3 Å². The van der Waals surface area contributed by atoms with Gasteiger partial charge in [0.05, 0.1) is 0 Å². The highest BCUT2D eigenvalue weighted by molar-refractivity contribution is 7.10. The van der Waals surface area contributed by atoms with Crippen LogP contribution in [0, 0.1) is 12.8 Å². The van der Waals surface area contributed by atoms with Crippen LogP contribution in [0.4, 0.5) is 0 Å². The van der Waals surface area contributed by atoms with Crippen LogP contribution in [0.1, 0.15) is 36.6 Å². The molecular weight excluding hydrogens is 204 g/mol. The molecule has 0 saturated carbocycles. The maximum atomic E-state index is 10.5. The number of rotatable bonds is 2. The highest BCUT2D eigenvalue weighted by Gasteiger charge is 2.30. The molecule has 1 aromatic heterocycles. The Hall–Kier alpha value is -0.600. The summed E-state index contributed by atoms with van der Waals surface area (Å²) in [5.41, 5.74) is 0.368. The van der Waals surface area contributed by atoms with Gasteiger partial charge in [-0.2, -0.15) is 0 Å². The van der Waals surface area contributed by atoms with Gasteiger partial charge in [-0.05, 0) is 49.1 Å². The molecule has 1 nitrogen and oxygen atoms in total. The number of allylic oxidation sites excluding steroid dienone is 1. The first-order valence-corrected chi connectivity index (χ1v) is 6.49. The molecule has 2 unspecified atom stereocenters. The number of hydrogen-bond donors (Lipinski definition) is 1. The Labute approximate surface area is 95.5 Å². The second-order valence-corrected chi connectivity index (χ2v) is 5.55. The average molecular weight is 222 g/mol. The van der Waals surface area contributed by atoms with E-state index >= 15 is 0 Å². The molecule has 0 saturated heterocycles. The van der Waals surface area contributed by atoms with Gasteiger partial charge in [0.15, 0.2) is 0 Å². The largest absolute Gasteiger partial charge is 0.381 e. The van der Waals surface area contributed by atoms with Crippen LogP contribution in [0.5, 0.6) is 0 Å². The van der Waals surface area contributed by atoms with Crippen molar-refractivity contribution in [3.05, 3.63) is 34.0 Å². The molecule has 1 N–H and O–H groups in total. The fourth-order valence-corrected chi connectivity index (χ4v) is 2.91. The van der Waals surface area contributed by atoms with Crippen molar-refractivity contribution < 1.29 is 5.11 Å². The Morgan fingerprint density at radius 2 is 2.40 bits per heavy atom. The molecule has 2 atom stereocenters. The van der Waals surface area contributed by atoms with Crippen LogP contribution in [-0.2, 0) is 5.60 Å². The molecule has 2 rings (SSSR count). The van der Waals surface area contributed by atoms with Gasteiger partial charge in [0.1, 0.15) is 5.60 Å². The number of aryl methyl sites for hydroxylation is 1. The lowest BCUT2D eigenvalue weighted by Gasteiger charge is -2.30. The van der Waals surface area contributed by atoms with Gasteiger partial charge < -0.3 is 5.11 Å². The van der Waals surface area contributed by atoms with Gasteiger partial charge in [-0.3, -0.25) is 0 Å².